The molecule has 1 aromatic rings. The number of benzene rings is 1. The first kappa shape index (κ1) is 18.9. The van der Waals surface area contributed by atoms with Crippen LogP contribution in [0.2, 0.25) is 0 Å². The number of likely N-dealkylation sites (tertiary alicyclic amines) is 1. The minimum absolute atomic E-state index is 0. The predicted octanol–water partition coefficient (Wildman–Crippen LogP) is 2.77. The quantitative estimate of drug-likeness (QED) is 0.925. The van der Waals surface area contributed by atoms with Crippen LogP contribution in [0.3, 0.4) is 0 Å². The molecule has 0 radical (unpaired) electrons. The van der Waals surface area contributed by atoms with Crippen LogP contribution in [0.15, 0.2) is 30.3 Å². The Balaban J connectivity index is 0.00000242. The van der Waals surface area contributed by atoms with Crippen LogP contribution in [0.1, 0.15) is 38.9 Å². The van der Waals surface area contributed by atoms with Crippen molar-refractivity contribution >= 4 is 18.3 Å². The normalized spacial score (nSPS) is 21.8. The number of nitrogens with zero attached hydrogens (tertiary/aromatic N) is 1. The molecule has 1 aliphatic rings. The van der Waals surface area contributed by atoms with E-state index in [2.05, 4.69) is 13.8 Å². The minimum atomic E-state index is -0.513. The molecule has 4 nitrogen and oxygen atoms in total. The first-order chi connectivity index (χ1) is 9.95. The van der Waals surface area contributed by atoms with Crippen LogP contribution in [-0.2, 0) is 9.53 Å². The number of piperidine rings is 1. The van der Waals surface area contributed by atoms with E-state index in [1.807, 2.05) is 42.2 Å². The van der Waals surface area contributed by atoms with Gasteiger partial charge in [-0.3, -0.25) is 4.79 Å². The molecule has 0 spiro atoms. The monoisotopic (exact) mass is 326 g/mol. The molecule has 22 heavy (non-hydrogen) atoms. The molecular formula is C17H27ClN2O2. The molecule has 0 bridgehead atoms. The van der Waals surface area contributed by atoms with Crippen molar-refractivity contribution in [2.45, 2.75) is 39.3 Å². The van der Waals surface area contributed by atoms with Gasteiger partial charge in [-0.15, -0.1) is 12.4 Å². The van der Waals surface area contributed by atoms with Crippen molar-refractivity contribution in [2.75, 3.05) is 19.7 Å². The molecule has 2 N–H and O–H groups in total. The molecule has 2 atom stereocenters. The Bertz CT molecular complexity index is 479. The third kappa shape index (κ3) is 4.22. The number of hydrogen-bond donors (Lipinski definition) is 1. The van der Waals surface area contributed by atoms with Crippen LogP contribution >= 0.6 is 12.4 Å². The highest BCUT2D eigenvalue weighted by atomic mass is 35.5. The molecule has 1 heterocycles. The van der Waals surface area contributed by atoms with Crippen molar-refractivity contribution in [2.24, 2.45) is 11.1 Å². The molecule has 0 aliphatic carbocycles. The van der Waals surface area contributed by atoms with Gasteiger partial charge in [-0.1, -0.05) is 44.2 Å². The first-order valence-electron chi connectivity index (χ1n) is 7.66. The van der Waals surface area contributed by atoms with Gasteiger partial charge in [0.15, 0.2) is 6.10 Å². The van der Waals surface area contributed by atoms with Gasteiger partial charge in [0, 0.05) is 25.7 Å². The Morgan fingerprint density at radius 2 is 2.05 bits per heavy atom. The molecule has 2 unspecified atom stereocenters. The summed E-state index contributed by atoms with van der Waals surface area (Å²) in [6.07, 6.45) is 0.327. The van der Waals surface area contributed by atoms with Gasteiger partial charge in [0.25, 0.3) is 5.91 Å². The lowest BCUT2D eigenvalue weighted by molar-refractivity contribution is -0.147. The summed E-state index contributed by atoms with van der Waals surface area (Å²) >= 11 is 0. The molecule has 0 aromatic heterocycles. The van der Waals surface area contributed by atoms with Gasteiger partial charge in [-0.25, -0.2) is 0 Å². The van der Waals surface area contributed by atoms with E-state index in [1.54, 1.807) is 0 Å². The molecule has 1 fully saturated rings. The number of carbonyl (C=O) groups excluding carboxylic acids is 1. The standard InChI is InChI=1S/C17H26N2O2.ClH/c1-4-21-15(13-8-6-5-7-9-13)16(20)19-11-10-14(18)17(2,3)12-19;/h5-9,14-15H,4,10-12,18H2,1-3H3;1H. The highest BCUT2D eigenvalue weighted by Gasteiger charge is 2.37. The van der Waals surface area contributed by atoms with E-state index in [0.717, 1.165) is 12.0 Å². The van der Waals surface area contributed by atoms with E-state index in [1.165, 1.54) is 0 Å². The number of rotatable bonds is 4. The van der Waals surface area contributed by atoms with Crippen molar-refractivity contribution in [3.63, 3.8) is 0 Å². The second-order valence-electron chi connectivity index (χ2n) is 6.39. The van der Waals surface area contributed by atoms with Gasteiger partial charge in [0.1, 0.15) is 0 Å². The summed E-state index contributed by atoms with van der Waals surface area (Å²) in [7, 11) is 0. The molecule has 124 valence electrons. The van der Waals surface area contributed by atoms with E-state index >= 15 is 0 Å². The predicted molar refractivity (Wildman–Crippen MR) is 91.0 cm³/mol. The van der Waals surface area contributed by atoms with Crippen molar-refractivity contribution < 1.29 is 9.53 Å². The van der Waals surface area contributed by atoms with E-state index in [9.17, 15) is 4.79 Å². The van der Waals surface area contributed by atoms with Crippen molar-refractivity contribution in [1.82, 2.24) is 4.90 Å². The molecule has 1 amide bonds. The number of ether oxygens (including phenoxy) is 1. The van der Waals surface area contributed by atoms with Crippen molar-refractivity contribution in [3.8, 4) is 0 Å². The van der Waals surface area contributed by atoms with Crippen LogP contribution in [0, 0.1) is 5.41 Å². The van der Waals surface area contributed by atoms with E-state index in [4.69, 9.17) is 10.5 Å². The molecule has 5 heteroatoms. The Kier molecular flexibility index (Phi) is 6.85. The summed E-state index contributed by atoms with van der Waals surface area (Å²) in [4.78, 5) is 14.7. The zero-order valence-electron chi connectivity index (χ0n) is 13.6. The summed E-state index contributed by atoms with van der Waals surface area (Å²) < 4.78 is 5.72. The fourth-order valence-electron chi connectivity index (χ4n) is 2.83. The zero-order valence-corrected chi connectivity index (χ0v) is 14.4. The number of hydrogen-bond acceptors (Lipinski definition) is 3. The van der Waals surface area contributed by atoms with E-state index < -0.39 is 6.10 Å². The van der Waals surface area contributed by atoms with Gasteiger partial charge in [0.2, 0.25) is 0 Å². The first-order valence-corrected chi connectivity index (χ1v) is 7.66. The van der Waals surface area contributed by atoms with Gasteiger partial charge >= 0.3 is 0 Å². The van der Waals surface area contributed by atoms with E-state index in [-0.39, 0.29) is 29.8 Å². The molecular weight excluding hydrogens is 300 g/mol. The van der Waals surface area contributed by atoms with Crippen LogP contribution < -0.4 is 5.73 Å². The minimum Gasteiger partial charge on any atom is -0.364 e. The topological polar surface area (TPSA) is 55.6 Å². The van der Waals surface area contributed by atoms with Crippen molar-refractivity contribution in [3.05, 3.63) is 35.9 Å². The number of amides is 1. The molecule has 1 aromatic carbocycles. The van der Waals surface area contributed by atoms with Gasteiger partial charge in [-0.05, 0) is 24.3 Å². The van der Waals surface area contributed by atoms with Crippen LogP contribution in [-0.4, -0.2) is 36.5 Å². The Labute approximate surface area is 139 Å². The number of carbonyl (C=O) groups is 1. The fraction of sp³-hybridized carbons (Fsp3) is 0.588. The highest BCUT2D eigenvalue weighted by Crippen LogP contribution is 2.30. The molecule has 2 rings (SSSR count). The Morgan fingerprint density at radius 3 is 2.59 bits per heavy atom. The van der Waals surface area contributed by atoms with Crippen LogP contribution in [0.4, 0.5) is 0 Å². The average Bonchev–Trinajstić information content (AvgIpc) is 2.48. The van der Waals surface area contributed by atoms with E-state index in [0.29, 0.717) is 19.7 Å². The number of halogens is 1. The maximum Gasteiger partial charge on any atom is 0.256 e. The zero-order chi connectivity index (χ0) is 15.5. The summed E-state index contributed by atoms with van der Waals surface area (Å²) in [6.45, 7) is 8.06. The Morgan fingerprint density at radius 1 is 1.41 bits per heavy atom. The summed E-state index contributed by atoms with van der Waals surface area (Å²) in [6, 6.07) is 9.84. The lowest BCUT2D eigenvalue weighted by atomic mass is 9.79. The third-order valence-corrected chi connectivity index (χ3v) is 4.28. The summed E-state index contributed by atoms with van der Waals surface area (Å²) in [5.41, 5.74) is 7.01. The van der Waals surface area contributed by atoms with Crippen LogP contribution in [0.5, 0.6) is 0 Å². The SMILES string of the molecule is CCOC(C(=O)N1CCC(N)C(C)(C)C1)c1ccccc1.Cl. The van der Waals surface area contributed by atoms with Gasteiger partial charge in [-0.2, -0.15) is 0 Å². The second kappa shape index (κ2) is 7.95. The lowest BCUT2D eigenvalue weighted by Gasteiger charge is -2.43. The molecule has 1 aliphatic heterocycles. The lowest BCUT2D eigenvalue weighted by Crippen LogP contribution is -2.55. The fourth-order valence-corrected chi connectivity index (χ4v) is 2.83. The summed E-state index contributed by atoms with van der Waals surface area (Å²) in [5, 5.41) is 0. The maximum absolute atomic E-state index is 12.8. The highest BCUT2D eigenvalue weighted by molar-refractivity contribution is 5.85. The molecule has 1 saturated heterocycles. The van der Waals surface area contributed by atoms with Crippen molar-refractivity contribution in [1.29, 1.82) is 0 Å². The van der Waals surface area contributed by atoms with Gasteiger partial charge in [0.05, 0.1) is 0 Å². The smallest absolute Gasteiger partial charge is 0.256 e. The maximum atomic E-state index is 12.8. The molecule has 0 saturated carbocycles. The van der Waals surface area contributed by atoms with Crippen LogP contribution in [0.25, 0.3) is 0 Å². The third-order valence-electron chi connectivity index (χ3n) is 4.28. The largest absolute Gasteiger partial charge is 0.364 e. The Hall–Kier alpha value is -1.10. The summed E-state index contributed by atoms with van der Waals surface area (Å²) in [5.74, 6) is 0.0445. The van der Waals surface area contributed by atoms with Gasteiger partial charge < -0.3 is 15.4 Å². The second-order valence-corrected chi connectivity index (χ2v) is 6.39. The average molecular weight is 327 g/mol. The number of nitrogens with two attached hydrogens (primary N) is 1.